The Labute approximate surface area is 86.3 Å². The summed E-state index contributed by atoms with van der Waals surface area (Å²) >= 11 is 3.34. The second kappa shape index (κ2) is 4.53. The van der Waals surface area contributed by atoms with Crippen LogP contribution in [0.5, 0.6) is 0 Å². The van der Waals surface area contributed by atoms with E-state index in [1.807, 2.05) is 24.3 Å². The molecule has 1 atom stereocenters. The molecule has 2 nitrogen and oxygen atoms in total. The lowest BCUT2D eigenvalue weighted by Gasteiger charge is -2.07. The fourth-order valence-corrected chi connectivity index (χ4v) is 1.28. The molecule has 0 heterocycles. The molecule has 0 amide bonds. The molecule has 0 fully saturated rings. The monoisotopic (exact) mass is 241 g/mol. The molecule has 0 unspecified atom stereocenters. The van der Waals surface area contributed by atoms with Crippen LogP contribution in [0.1, 0.15) is 12.5 Å². The first-order chi connectivity index (χ1) is 6.09. The summed E-state index contributed by atoms with van der Waals surface area (Å²) < 4.78 is 1.03. The zero-order chi connectivity index (χ0) is 9.84. The maximum Gasteiger partial charge on any atom is 0.146 e. The fraction of sp³-hybridized carbons (Fsp3) is 0.300. The number of ketones is 1. The van der Waals surface area contributed by atoms with Gasteiger partial charge in [0.05, 0.1) is 6.04 Å². The van der Waals surface area contributed by atoms with Gasteiger partial charge in [-0.2, -0.15) is 0 Å². The number of hydrogen-bond acceptors (Lipinski definition) is 2. The summed E-state index contributed by atoms with van der Waals surface area (Å²) in [5.41, 5.74) is 6.71. The lowest BCUT2D eigenvalue weighted by atomic mass is 10.0. The van der Waals surface area contributed by atoms with Gasteiger partial charge in [-0.15, -0.1) is 0 Å². The summed E-state index contributed by atoms with van der Waals surface area (Å²) in [4.78, 5) is 10.9. The van der Waals surface area contributed by atoms with Crippen LogP contribution < -0.4 is 5.73 Å². The molecule has 0 saturated heterocycles. The van der Waals surface area contributed by atoms with Crippen molar-refractivity contribution in [1.29, 1.82) is 0 Å². The molecule has 0 saturated carbocycles. The zero-order valence-corrected chi connectivity index (χ0v) is 9.04. The van der Waals surface area contributed by atoms with Gasteiger partial charge in [0.15, 0.2) is 0 Å². The number of carbonyl (C=O) groups is 1. The van der Waals surface area contributed by atoms with E-state index in [2.05, 4.69) is 15.9 Å². The highest BCUT2D eigenvalue weighted by Crippen LogP contribution is 2.11. The van der Waals surface area contributed by atoms with Gasteiger partial charge in [0.1, 0.15) is 5.78 Å². The summed E-state index contributed by atoms with van der Waals surface area (Å²) in [6.45, 7) is 1.52. The number of Topliss-reactive ketones (excluding diaryl/α,β-unsaturated/α-hetero) is 1. The smallest absolute Gasteiger partial charge is 0.146 e. The van der Waals surface area contributed by atoms with Crippen molar-refractivity contribution in [1.82, 2.24) is 0 Å². The number of nitrogens with two attached hydrogens (primary N) is 1. The lowest BCUT2D eigenvalue weighted by Crippen LogP contribution is -2.30. The van der Waals surface area contributed by atoms with Gasteiger partial charge in [-0.1, -0.05) is 28.1 Å². The van der Waals surface area contributed by atoms with E-state index in [1.165, 1.54) is 6.92 Å². The molecule has 1 rings (SSSR count). The van der Waals surface area contributed by atoms with Crippen LogP contribution in [0, 0.1) is 0 Å². The van der Waals surface area contributed by atoms with Crippen molar-refractivity contribution in [2.24, 2.45) is 5.73 Å². The van der Waals surface area contributed by atoms with Crippen molar-refractivity contribution in [3.63, 3.8) is 0 Å². The van der Waals surface area contributed by atoms with E-state index >= 15 is 0 Å². The maximum atomic E-state index is 10.9. The summed E-state index contributed by atoms with van der Waals surface area (Å²) in [6.07, 6.45) is 0.614. The highest BCUT2D eigenvalue weighted by molar-refractivity contribution is 9.10. The van der Waals surface area contributed by atoms with Crippen molar-refractivity contribution in [3.05, 3.63) is 34.3 Å². The van der Waals surface area contributed by atoms with Crippen LogP contribution in [0.25, 0.3) is 0 Å². The number of benzene rings is 1. The Bertz CT molecular complexity index is 294. The summed E-state index contributed by atoms with van der Waals surface area (Å²) in [6, 6.07) is 7.45. The predicted molar refractivity (Wildman–Crippen MR) is 56.5 cm³/mol. The summed E-state index contributed by atoms with van der Waals surface area (Å²) in [7, 11) is 0. The Balaban J connectivity index is 2.64. The van der Waals surface area contributed by atoms with Crippen molar-refractivity contribution < 1.29 is 4.79 Å². The minimum atomic E-state index is -0.374. The predicted octanol–water partition coefficient (Wildman–Crippen LogP) is 1.91. The normalized spacial score (nSPS) is 12.5. The molecule has 0 aliphatic heterocycles. The molecule has 13 heavy (non-hydrogen) atoms. The number of halogens is 1. The van der Waals surface area contributed by atoms with Crippen molar-refractivity contribution >= 4 is 21.7 Å². The Morgan fingerprint density at radius 3 is 2.46 bits per heavy atom. The minimum absolute atomic E-state index is 0.0305. The highest BCUT2D eigenvalue weighted by atomic mass is 79.9. The first-order valence-corrected chi connectivity index (χ1v) is 4.89. The van der Waals surface area contributed by atoms with E-state index in [1.54, 1.807) is 0 Å². The topological polar surface area (TPSA) is 43.1 Å². The van der Waals surface area contributed by atoms with Crippen molar-refractivity contribution in [2.75, 3.05) is 0 Å². The first kappa shape index (κ1) is 10.4. The molecular formula is C10H12BrNO. The third-order valence-electron chi connectivity index (χ3n) is 1.89. The minimum Gasteiger partial charge on any atom is -0.321 e. The Morgan fingerprint density at radius 2 is 2.00 bits per heavy atom. The van der Waals surface area contributed by atoms with Crippen LogP contribution in [0.2, 0.25) is 0 Å². The number of rotatable bonds is 3. The number of carbonyl (C=O) groups excluding carboxylic acids is 1. The van der Waals surface area contributed by atoms with Crippen LogP contribution in [0.15, 0.2) is 28.7 Å². The molecule has 70 valence electrons. The molecule has 3 heteroatoms. The summed E-state index contributed by atoms with van der Waals surface area (Å²) in [5.74, 6) is 0.0305. The van der Waals surface area contributed by atoms with E-state index in [4.69, 9.17) is 5.73 Å². The van der Waals surface area contributed by atoms with Gasteiger partial charge in [-0.3, -0.25) is 4.79 Å². The molecular weight excluding hydrogens is 230 g/mol. The zero-order valence-electron chi connectivity index (χ0n) is 7.46. The molecule has 0 radical (unpaired) electrons. The van der Waals surface area contributed by atoms with Crippen LogP contribution >= 0.6 is 15.9 Å². The third kappa shape index (κ3) is 3.28. The molecule has 0 aromatic heterocycles. The molecule has 1 aromatic carbocycles. The highest BCUT2D eigenvalue weighted by Gasteiger charge is 2.08. The van der Waals surface area contributed by atoms with Gasteiger partial charge in [-0.25, -0.2) is 0 Å². The molecule has 2 N–H and O–H groups in total. The molecule has 1 aromatic rings. The van der Waals surface area contributed by atoms with E-state index in [0.717, 1.165) is 10.0 Å². The molecule has 0 aliphatic carbocycles. The Morgan fingerprint density at radius 1 is 1.46 bits per heavy atom. The average molecular weight is 242 g/mol. The standard InChI is InChI=1S/C10H12BrNO/c1-7(13)10(12)6-8-2-4-9(11)5-3-8/h2-5,10H,6,12H2,1H3/t10-/m0/s1. The second-order valence-electron chi connectivity index (χ2n) is 3.05. The van der Waals surface area contributed by atoms with E-state index in [9.17, 15) is 4.79 Å². The van der Waals surface area contributed by atoms with Gasteiger partial charge in [-0.05, 0) is 31.0 Å². The van der Waals surface area contributed by atoms with Gasteiger partial charge >= 0.3 is 0 Å². The van der Waals surface area contributed by atoms with Crippen LogP contribution in [-0.4, -0.2) is 11.8 Å². The Kier molecular flexibility index (Phi) is 3.63. The SMILES string of the molecule is CC(=O)[C@@H](N)Cc1ccc(Br)cc1. The van der Waals surface area contributed by atoms with E-state index < -0.39 is 0 Å². The van der Waals surface area contributed by atoms with Gasteiger partial charge < -0.3 is 5.73 Å². The fourth-order valence-electron chi connectivity index (χ4n) is 1.02. The van der Waals surface area contributed by atoms with Crippen LogP contribution in [-0.2, 0) is 11.2 Å². The average Bonchev–Trinajstić information content (AvgIpc) is 2.08. The largest absolute Gasteiger partial charge is 0.321 e. The van der Waals surface area contributed by atoms with E-state index in [-0.39, 0.29) is 11.8 Å². The summed E-state index contributed by atoms with van der Waals surface area (Å²) in [5, 5.41) is 0. The van der Waals surface area contributed by atoms with Gasteiger partial charge in [0, 0.05) is 4.47 Å². The molecule has 0 bridgehead atoms. The lowest BCUT2D eigenvalue weighted by molar-refractivity contribution is -0.118. The van der Waals surface area contributed by atoms with E-state index in [0.29, 0.717) is 6.42 Å². The molecule has 0 aliphatic rings. The quantitative estimate of drug-likeness (QED) is 0.879. The first-order valence-electron chi connectivity index (χ1n) is 4.10. The van der Waals surface area contributed by atoms with Crippen LogP contribution in [0.4, 0.5) is 0 Å². The van der Waals surface area contributed by atoms with Crippen molar-refractivity contribution in [3.8, 4) is 0 Å². The van der Waals surface area contributed by atoms with Crippen molar-refractivity contribution in [2.45, 2.75) is 19.4 Å². The second-order valence-corrected chi connectivity index (χ2v) is 3.96. The van der Waals surface area contributed by atoms with Gasteiger partial charge in [0.25, 0.3) is 0 Å². The van der Waals surface area contributed by atoms with Crippen LogP contribution in [0.3, 0.4) is 0 Å². The third-order valence-corrected chi connectivity index (χ3v) is 2.42. The molecule has 0 spiro atoms. The van der Waals surface area contributed by atoms with Gasteiger partial charge in [0.2, 0.25) is 0 Å². The maximum absolute atomic E-state index is 10.9. The number of hydrogen-bond donors (Lipinski definition) is 1. The Hall–Kier alpha value is -0.670.